The molecule has 1 fully saturated rings. The number of amides is 1. The maximum Gasteiger partial charge on any atom is 0.238 e. The Hall–Kier alpha value is -2.61. The van der Waals surface area contributed by atoms with Crippen LogP contribution in [0, 0.1) is 13.8 Å². The minimum absolute atomic E-state index is 0.0262. The van der Waals surface area contributed by atoms with Crippen molar-refractivity contribution in [2.75, 3.05) is 58.3 Å². The van der Waals surface area contributed by atoms with E-state index in [4.69, 9.17) is 17.7 Å². The van der Waals surface area contributed by atoms with Crippen LogP contribution in [0.5, 0.6) is 11.5 Å². The van der Waals surface area contributed by atoms with Crippen LogP contribution in [0.2, 0.25) is 0 Å². The second kappa shape index (κ2) is 11.1. The Labute approximate surface area is 193 Å². The highest BCUT2D eigenvalue weighted by molar-refractivity contribution is 5.93. The largest absolute Gasteiger partial charge is 0.493 e. The fourth-order valence-electron chi connectivity index (χ4n) is 3.32. The molecule has 1 aliphatic rings. The number of anilines is 1. The average molecular weight is 434 g/mol. The van der Waals surface area contributed by atoms with E-state index in [9.17, 15) is 9.90 Å². The van der Waals surface area contributed by atoms with Gasteiger partial charge in [-0.2, -0.15) is 0 Å². The van der Waals surface area contributed by atoms with Crippen molar-refractivity contribution in [1.29, 1.82) is 0 Å². The lowest BCUT2D eigenvalue weighted by Gasteiger charge is -2.35. The Kier molecular flexibility index (Phi) is 5.78. The number of aliphatic hydroxyl groups is 1. The summed E-state index contributed by atoms with van der Waals surface area (Å²) in [5.41, 5.74) is 0.780. The molecule has 2 aromatic carbocycles. The Morgan fingerprint density at radius 1 is 1.19 bits per heavy atom. The van der Waals surface area contributed by atoms with Crippen LogP contribution in [0.1, 0.15) is 19.4 Å². The van der Waals surface area contributed by atoms with E-state index in [-0.39, 0.29) is 50.1 Å². The second-order valence-electron chi connectivity index (χ2n) is 7.33. The first-order valence-corrected chi connectivity index (χ1v) is 10.1. The van der Waals surface area contributed by atoms with Gasteiger partial charge >= 0.3 is 0 Å². The van der Waals surface area contributed by atoms with Gasteiger partial charge in [-0.15, -0.1) is 0 Å². The number of benzene rings is 2. The van der Waals surface area contributed by atoms with Crippen LogP contribution in [-0.2, 0) is 4.79 Å². The second-order valence-corrected chi connectivity index (χ2v) is 7.33. The van der Waals surface area contributed by atoms with Gasteiger partial charge in [0, 0.05) is 38.4 Å². The SMILES string of the molecule is [2H]c1c([2H])c(C)c(NC(=O)C([2H])([2H])N2CCN(CC([2H])(O)COc3ccccc3OC)CC2)c(C)c1[2H]. The van der Waals surface area contributed by atoms with Gasteiger partial charge in [0.2, 0.25) is 5.91 Å². The van der Waals surface area contributed by atoms with Crippen molar-refractivity contribution in [3.8, 4) is 11.5 Å². The summed E-state index contributed by atoms with van der Waals surface area (Å²) in [6.45, 7) is 1.42. The molecule has 1 amide bonds. The average Bonchev–Trinajstić information content (AvgIpc) is 2.87. The molecule has 0 aromatic heterocycles. The predicted octanol–water partition coefficient (Wildman–Crippen LogP) is 2.31. The zero-order chi connectivity index (χ0) is 27.5. The topological polar surface area (TPSA) is 74.3 Å². The number of carbonyl (C=O) groups excluding carboxylic acids is 1. The van der Waals surface area contributed by atoms with Crippen LogP contribution in [0.3, 0.4) is 0 Å². The Morgan fingerprint density at radius 2 is 1.81 bits per heavy atom. The summed E-state index contributed by atoms with van der Waals surface area (Å²) in [7, 11) is 1.50. The first-order chi connectivity index (χ1) is 17.3. The van der Waals surface area contributed by atoms with E-state index in [1.54, 1.807) is 38.1 Å². The third kappa shape index (κ3) is 6.69. The first kappa shape index (κ1) is 16.1. The number of β-amino-alcohol motifs (C(OH)–C–C–N with tert-alkyl or cyclic N) is 1. The van der Waals surface area contributed by atoms with Crippen LogP contribution in [0.4, 0.5) is 5.69 Å². The molecule has 7 nitrogen and oxygen atoms in total. The van der Waals surface area contributed by atoms with Crippen LogP contribution >= 0.6 is 0 Å². The Balaban J connectivity index is 1.58. The molecule has 0 bridgehead atoms. The monoisotopic (exact) mass is 433 g/mol. The van der Waals surface area contributed by atoms with Gasteiger partial charge in [0.15, 0.2) is 11.5 Å². The van der Waals surface area contributed by atoms with E-state index in [0.717, 1.165) is 0 Å². The van der Waals surface area contributed by atoms with E-state index in [1.165, 1.54) is 12.0 Å². The molecule has 1 aliphatic heterocycles. The number of hydrogen-bond acceptors (Lipinski definition) is 6. The maximum absolute atomic E-state index is 12.9. The number of para-hydroxylation sites is 3. The maximum atomic E-state index is 12.9. The lowest BCUT2D eigenvalue weighted by molar-refractivity contribution is -0.117. The van der Waals surface area contributed by atoms with E-state index >= 15 is 0 Å². The summed E-state index contributed by atoms with van der Waals surface area (Å²) in [6, 6.07) is 6.33. The summed E-state index contributed by atoms with van der Waals surface area (Å²) < 4.78 is 59.7. The number of nitrogens with zero attached hydrogens (tertiary/aromatic N) is 2. The van der Waals surface area contributed by atoms with Crippen molar-refractivity contribution in [3.05, 3.63) is 53.5 Å². The molecule has 7 heteroatoms. The fourth-order valence-corrected chi connectivity index (χ4v) is 3.32. The van der Waals surface area contributed by atoms with Crippen molar-refractivity contribution in [2.45, 2.75) is 19.9 Å². The normalized spacial score (nSPS) is 20.3. The van der Waals surface area contributed by atoms with Crippen LogP contribution in [0.25, 0.3) is 0 Å². The molecule has 1 heterocycles. The van der Waals surface area contributed by atoms with Gasteiger partial charge in [-0.25, -0.2) is 0 Å². The van der Waals surface area contributed by atoms with Gasteiger partial charge in [-0.3, -0.25) is 14.6 Å². The molecule has 31 heavy (non-hydrogen) atoms. The number of nitrogens with one attached hydrogen (secondary N) is 1. The molecule has 0 saturated carbocycles. The molecule has 2 aromatic rings. The smallest absolute Gasteiger partial charge is 0.238 e. The third-order valence-corrected chi connectivity index (χ3v) is 4.99. The molecule has 168 valence electrons. The number of carbonyl (C=O) groups is 1. The highest BCUT2D eigenvalue weighted by Gasteiger charge is 2.21. The first-order valence-electron chi connectivity index (χ1n) is 13.1. The summed E-state index contributed by atoms with van der Waals surface area (Å²) in [6.07, 6.45) is -1.92. The van der Waals surface area contributed by atoms with Crippen molar-refractivity contribution >= 4 is 11.6 Å². The van der Waals surface area contributed by atoms with Crippen LogP contribution in [0.15, 0.2) is 42.4 Å². The van der Waals surface area contributed by atoms with Gasteiger partial charge in [-0.1, -0.05) is 30.3 Å². The summed E-state index contributed by atoms with van der Waals surface area (Å²) in [5.74, 6) is -0.0187. The van der Waals surface area contributed by atoms with Crippen molar-refractivity contribution in [1.82, 2.24) is 9.80 Å². The standard InChI is InChI=1S/C24H33N3O4/c1-18-7-6-8-19(2)24(18)25-23(29)16-27-13-11-26(12-14-27)15-20(28)17-31-22-10-5-4-9-21(22)30-3/h4-10,20,28H,11-17H2,1-3H3,(H,25,29)/i6D,7D,8D,16D2,20D. The van der Waals surface area contributed by atoms with E-state index < -0.39 is 18.5 Å². The molecule has 1 atom stereocenters. The lowest BCUT2D eigenvalue weighted by atomic mass is 10.1. The van der Waals surface area contributed by atoms with Crippen LogP contribution in [-0.4, -0.2) is 79.8 Å². The van der Waals surface area contributed by atoms with Gasteiger partial charge in [-0.05, 0) is 37.1 Å². The number of methoxy groups -OCH3 is 1. The third-order valence-electron chi connectivity index (χ3n) is 4.99. The molecule has 0 aliphatic carbocycles. The van der Waals surface area contributed by atoms with E-state index in [2.05, 4.69) is 5.32 Å². The van der Waals surface area contributed by atoms with E-state index in [1.807, 2.05) is 4.90 Å². The molecule has 1 saturated heterocycles. The Morgan fingerprint density at radius 3 is 2.45 bits per heavy atom. The summed E-state index contributed by atoms with van der Waals surface area (Å²) >= 11 is 0. The number of hydrogen-bond donors (Lipinski definition) is 2. The minimum atomic E-state index is -2.38. The molecule has 0 radical (unpaired) electrons. The summed E-state index contributed by atoms with van der Waals surface area (Å²) in [5, 5.41) is 13.1. The molecule has 3 rings (SSSR count). The number of piperazine rings is 1. The predicted molar refractivity (Wildman–Crippen MR) is 122 cm³/mol. The molecule has 2 N–H and O–H groups in total. The van der Waals surface area contributed by atoms with Crippen molar-refractivity contribution in [3.63, 3.8) is 0 Å². The molecule has 0 spiro atoms. The van der Waals surface area contributed by atoms with Gasteiger partial charge in [0.25, 0.3) is 0 Å². The highest BCUT2D eigenvalue weighted by atomic mass is 16.5. The molecule has 1 unspecified atom stereocenters. The van der Waals surface area contributed by atoms with Crippen molar-refractivity contribution < 1.29 is 27.6 Å². The van der Waals surface area contributed by atoms with Gasteiger partial charge in [0.05, 0.1) is 21.8 Å². The minimum Gasteiger partial charge on any atom is -0.493 e. The fraction of sp³-hybridized carbons (Fsp3) is 0.458. The number of rotatable bonds is 9. The van der Waals surface area contributed by atoms with Crippen molar-refractivity contribution in [2.24, 2.45) is 0 Å². The lowest BCUT2D eigenvalue weighted by Crippen LogP contribution is -2.50. The van der Waals surface area contributed by atoms with Gasteiger partial charge < -0.3 is 19.9 Å². The quantitative estimate of drug-likeness (QED) is 0.632. The van der Waals surface area contributed by atoms with E-state index in [0.29, 0.717) is 35.7 Å². The van der Waals surface area contributed by atoms with Gasteiger partial charge in [0.1, 0.15) is 12.7 Å². The Bertz CT molecular complexity index is 1110. The number of ether oxygens (including phenoxy) is 2. The summed E-state index contributed by atoms with van der Waals surface area (Å²) in [4.78, 5) is 16.1. The zero-order valence-corrected chi connectivity index (χ0v) is 18.1. The molecular weight excluding hydrogens is 394 g/mol. The van der Waals surface area contributed by atoms with Crippen LogP contribution < -0.4 is 14.8 Å². The highest BCUT2D eigenvalue weighted by Crippen LogP contribution is 2.25. The molecular formula is C24H33N3O4. The zero-order valence-electron chi connectivity index (χ0n) is 24.1.